The first-order valence-corrected chi connectivity index (χ1v) is 10.5. The van der Waals surface area contributed by atoms with Gasteiger partial charge in [0.25, 0.3) is 0 Å². The molecule has 0 aliphatic heterocycles. The molecule has 2 aliphatic rings. The van der Waals surface area contributed by atoms with Crippen LogP contribution in [0.4, 0.5) is 0 Å². The molecule has 0 radical (unpaired) electrons. The van der Waals surface area contributed by atoms with Crippen molar-refractivity contribution in [3.05, 3.63) is 83.4 Å². The molecule has 0 fully saturated rings. The summed E-state index contributed by atoms with van der Waals surface area (Å²) < 4.78 is 2.50. The zero-order chi connectivity index (χ0) is 18.9. The molecule has 3 aromatic carbocycles. The third-order valence-electron chi connectivity index (χ3n) is 7.02. The average Bonchev–Trinajstić information content (AvgIpc) is 3.19. The maximum Gasteiger partial charge on any atom is 0.0587 e. The van der Waals surface area contributed by atoms with Gasteiger partial charge in [-0.15, -0.1) is 0 Å². The fourth-order valence-corrected chi connectivity index (χ4v) is 5.83. The van der Waals surface area contributed by atoms with Crippen LogP contribution in [0.3, 0.4) is 0 Å². The predicted molar refractivity (Wildman–Crippen MR) is 119 cm³/mol. The van der Waals surface area contributed by atoms with Gasteiger partial charge in [-0.3, -0.25) is 0 Å². The van der Waals surface area contributed by atoms with E-state index in [-0.39, 0.29) is 5.41 Å². The zero-order valence-electron chi connectivity index (χ0n) is 16.6. The van der Waals surface area contributed by atoms with E-state index in [4.69, 9.17) is 0 Å². The Morgan fingerprint density at radius 3 is 2.36 bits per heavy atom. The molecule has 0 spiro atoms. The lowest BCUT2D eigenvalue weighted by Gasteiger charge is -2.28. The SMILES string of the molecule is CC1(C)C2=C(CCCC2)c2ccc3c4ccccc4n(-c4ccccc4)c3c21. The molecule has 1 aromatic heterocycles. The molecule has 0 atom stereocenters. The molecular formula is C27H25N. The number of rotatable bonds is 1. The van der Waals surface area contributed by atoms with E-state index in [0.29, 0.717) is 0 Å². The standard InChI is InChI=1S/C27H25N/c1-27(2)23-14-8-6-12-19(23)21-16-17-22-20-13-7-9-15-24(20)28(26(22)25(21)27)18-10-4-3-5-11-18/h3-5,7,9-11,13,15-17H,6,8,12,14H2,1-2H3. The third kappa shape index (κ3) is 1.97. The quantitative estimate of drug-likeness (QED) is 0.332. The Labute approximate surface area is 166 Å². The summed E-state index contributed by atoms with van der Waals surface area (Å²) in [6.45, 7) is 4.90. The molecule has 4 aromatic rings. The number of allylic oxidation sites excluding steroid dienone is 2. The lowest BCUT2D eigenvalue weighted by atomic mass is 9.77. The van der Waals surface area contributed by atoms with Gasteiger partial charge < -0.3 is 4.57 Å². The van der Waals surface area contributed by atoms with Crippen molar-refractivity contribution in [1.82, 2.24) is 4.57 Å². The van der Waals surface area contributed by atoms with Crippen LogP contribution in [0.15, 0.2) is 72.3 Å². The van der Waals surface area contributed by atoms with Crippen molar-refractivity contribution in [3.63, 3.8) is 0 Å². The summed E-state index contributed by atoms with van der Waals surface area (Å²) in [6, 6.07) is 24.5. The molecule has 28 heavy (non-hydrogen) atoms. The van der Waals surface area contributed by atoms with E-state index in [9.17, 15) is 0 Å². The highest BCUT2D eigenvalue weighted by atomic mass is 15.0. The average molecular weight is 364 g/mol. The van der Waals surface area contributed by atoms with E-state index in [1.165, 1.54) is 64.3 Å². The van der Waals surface area contributed by atoms with E-state index in [1.54, 1.807) is 11.1 Å². The van der Waals surface area contributed by atoms with E-state index >= 15 is 0 Å². The van der Waals surface area contributed by atoms with Crippen LogP contribution in [0.25, 0.3) is 33.1 Å². The maximum absolute atomic E-state index is 2.50. The van der Waals surface area contributed by atoms with Gasteiger partial charge in [-0.2, -0.15) is 0 Å². The van der Waals surface area contributed by atoms with Gasteiger partial charge in [-0.25, -0.2) is 0 Å². The molecule has 0 bridgehead atoms. The van der Waals surface area contributed by atoms with Gasteiger partial charge in [0, 0.05) is 21.9 Å². The lowest BCUT2D eigenvalue weighted by Crippen LogP contribution is -2.19. The second-order valence-electron chi connectivity index (χ2n) is 8.86. The topological polar surface area (TPSA) is 4.93 Å². The zero-order valence-corrected chi connectivity index (χ0v) is 16.6. The smallest absolute Gasteiger partial charge is 0.0587 e. The van der Waals surface area contributed by atoms with Gasteiger partial charge in [0.2, 0.25) is 0 Å². The molecule has 1 nitrogen and oxygen atoms in total. The monoisotopic (exact) mass is 363 g/mol. The largest absolute Gasteiger partial charge is 0.309 e. The van der Waals surface area contributed by atoms with Crippen LogP contribution in [0, 0.1) is 0 Å². The molecule has 0 unspecified atom stereocenters. The van der Waals surface area contributed by atoms with Crippen LogP contribution in [-0.4, -0.2) is 4.57 Å². The van der Waals surface area contributed by atoms with Crippen molar-refractivity contribution in [3.8, 4) is 5.69 Å². The lowest BCUT2D eigenvalue weighted by molar-refractivity contribution is 0.576. The summed E-state index contributed by atoms with van der Waals surface area (Å²) in [5, 5.41) is 2.73. The van der Waals surface area contributed by atoms with Crippen molar-refractivity contribution in [1.29, 1.82) is 0 Å². The highest BCUT2D eigenvalue weighted by molar-refractivity contribution is 6.12. The van der Waals surface area contributed by atoms with Gasteiger partial charge in [0.05, 0.1) is 11.0 Å². The van der Waals surface area contributed by atoms with Gasteiger partial charge in [-0.05, 0) is 60.6 Å². The molecule has 2 aliphatic carbocycles. The number of nitrogens with zero attached hydrogens (tertiary/aromatic N) is 1. The molecular weight excluding hydrogens is 338 g/mol. The van der Waals surface area contributed by atoms with Crippen LogP contribution >= 0.6 is 0 Å². The van der Waals surface area contributed by atoms with Crippen LogP contribution < -0.4 is 0 Å². The minimum absolute atomic E-state index is 0.103. The molecule has 0 amide bonds. The first-order chi connectivity index (χ1) is 13.7. The Hall–Kier alpha value is -2.80. The van der Waals surface area contributed by atoms with E-state index < -0.39 is 0 Å². The summed E-state index contributed by atoms with van der Waals surface area (Å²) in [5.74, 6) is 0. The minimum atomic E-state index is 0.103. The normalized spacial score (nSPS) is 17.9. The number of aromatic nitrogens is 1. The Morgan fingerprint density at radius 2 is 1.50 bits per heavy atom. The van der Waals surface area contributed by atoms with Crippen molar-refractivity contribution in [2.24, 2.45) is 0 Å². The summed E-state index contributed by atoms with van der Waals surface area (Å²) in [4.78, 5) is 0. The van der Waals surface area contributed by atoms with Crippen molar-refractivity contribution in [2.75, 3.05) is 0 Å². The second kappa shape index (κ2) is 5.61. The fraction of sp³-hybridized carbons (Fsp3) is 0.259. The number of fused-ring (bicyclic) bond motifs is 6. The maximum atomic E-state index is 2.50. The molecule has 6 rings (SSSR count). The third-order valence-corrected chi connectivity index (χ3v) is 7.02. The van der Waals surface area contributed by atoms with E-state index in [1.807, 2.05) is 0 Å². The summed E-state index contributed by atoms with van der Waals surface area (Å²) in [5.41, 5.74) is 10.4. The molecule has 138 valence electrons. The van der Waals surface area contributed by atoms with Gasteiger partial charge in [-0.1, -0.05) is 68.0 Å². The van der Waals surface area contributed by atoms with Crippen molar-refractivity contribution >= 4 is 27.4 Å². The Bertz CT molecular complexity index is 1270. The number of hydrogen-bond acceptors (Lipinski definition) is 0. The van der Waals surface area contributed by atoms with Gasteiger partial charge >= 0.3 is 0 Å². The Morgan fingerprint density at radius 1 is 0.750 bits per heavy atom. The summed E-state index contributed by atoms with van der Waals surface area (Å²) in [7, 11) is 0. The van der Waals surface area contributed by atoms with E-state index in [2.05, 4.69) is 85.1 Å². The predicted octanol–water partition coefficient (Wildman–Crippen LogP) is 7.40. The Balaban J connectivity index is 1.81. The van der Waals surface area contributed by atoms with Crippen molar-refractivity contribution in [2.45, 2.75) is 44.9 Å². The van der Waals surface area contributed by atoms with E-state index in [0.717, 1.165) is 0 Å². The first-order valence-electron chi connectivity index (χ1n) is 10.5. The highest BCUT2D eigenvalue weighted by Crippen LogP contribution is 2.54. The van der Waals surface area contributed by atoms with Gasteiger partial charge in [0.15, 0.2) is 0 Å². The second-order valence-corrected chi connectivity index (χ2v) is 8.86. The highest BCUT2D eigenvalue weighted by Gasteiger charge is 2.40. The fourth-order valence-electron chi connectivity index (χ4n) is 5.83. The van der Waals surface area contributed by atoms with Crippen LogP contribution in [0.2, 0.25) is 0 Å². The number of benzene rings is 3. The van der Waals surface area contributed by atoms with Crippen LogP contribution in [0.5, 0.6) is 0 Å². The molecule has 0 saturated heterocycles. The number of para-hydroxylation sites is 2. The number of hydrogen-bond donors (Lipinski definition) is 0. The Kier molecular flexibility index (Phi) is 3.24. The molecule has 0 N–H and O–H groups in total. The van der Waals surface area contributed by atoms with Crippen LogP contribution in [0.1, 0.15) is 50.7 Å². The van der Waals surface area contributed by atoms with Crippen LogP contribution in [-0.2, 0) is 5.41 Å². The summed E-state index contributed by atoms with van der Waals surface area (Å²) >= 11 is 0. The molecule has 0 saturated carbocycles. The van der Waals surface area contributed by atoms with Crippen molar-refractivity contribution < 1.29 is 0 Å². The minimum Gasteiger partial charge on any atom is -0.309 e. The van der Waals surface area contributed by atoms with Gasteiger partial charge in [0.1, 0.15) is 0 Å². The molecule has 1 heteroatoms. The first kappa shape index (κ1) is 16.2. The summed E-state index contributed by atoms with van der Waals surface area (Å²) in [6.07, 6.45) is 5.15. The molecule has 1 heterocycles.